The van der Waals surface area contributed by atoms with Gasteiger partial charge in [-0.25, -0.2) is 0 Å². The molecule has 1 aromatic rings. The molecule has 4 heteroatoms. The predicted molar refractivity (Wildman–Crippen MR) is 73.6 cm³/mol. The van der Waals surface area contributed by atoms with Crippen molar-refractivity contribution in [3.63, 3.8) is 0 Å². The molecule has 0 amide bonds. The third-order valence-electron chi connectivity index (χ3n) is 3.40. The van der Waals surface area contributed by atoms with Crippen molar-refractivity contribution < 1.29 is 4.74 Å². The minimum Gasteiger partial charge on any atom is -0.383 e. The van der Waals surface area contributed by atoms with Gasteiger partial charge in [0.2, 0.25) is 0 Å². The molecule has 1 fully saturated rings. The van der Waals surface area contributed by atoms with Gasteiger partial charge >= 0.3 is 0 Å². The molecule has 0 spiro atoms. The molecule has 1 aromatic heterocycles. The number of aryl methyl sites for hydroxylation is 1. The van der Waals surface area contributed by atoms with Crippen LogP contribution in [0.1, 0.15) is 31.4 Å². The Hall–Kier alpha value is -1.13. The van der Waals surface area contributed by atoms with Crippen LogP contribution in [0.25, 0.3) is 0 Å². The Kier molecular flexibility index (Phi) is 4.96. The van der Waals surface area contributed by atoms with Crippen molar-refractivity contribution in [2.24, 2.45) is 5.73 Å². The van der Waals surface area contributed by atoms with E-state index in [1.54, 1.807) is 0 Å². The number of hydrogen-bond donors (Lipinski definition) is 2. The first-order valence-electron chi connectivity index (χ1n) is 6.78. The lowest BCUT2D eigenvalue weighted by molar-refractivity contribution is 0.0313. The van der Waals surface area contributed by atoms with Crippen molar-refractivity contribution in [3.05, 3.63) is 24.0 Å². The molecule has 0 unspecified atom stereocenters. The van der Waals surface area contributed by atoms with E-state index < -0.39 is 0 Å². The summed E-state index contributed by atoms with van der Waals surface area (Å²) in [6, 6.07) is 4.41. The average Bonchev–Trinajstić information content (AvgIpc) is 2.37. The van der Waals surface area contributed by atoms with Crippen LogP contribution in [0.15, 0.2) is 18.3 Å². The summed E-state index contributed by atoms with van der Waals surface area (Å²) in [4.78, 5) is 4.17. The topological polar surface area (TPSA) is 60.2 Å². The van der Waals surface area contributed by atoms with Gasteiger partial charge in [0.1, 0.15) is 0 Å². The van der Waals surface area contributed by atoms with Crippen LogP contribution in [-0.2, 0) is 4.74 Å². The number of nitrogens with two attached hydrogens (primary N) is 1. The lowest BCUT2D eigenvalue weighted by atomic mass is 9.94. The van der Waals surface area contributed by atoms with Crippen LogP contribution < -0.4 is 11.1 Å². The first-order valence-corrected chi connectivity index (χ1v) is 6.78. The molecule has 2 rings (SSSR count). The largest absolute Gasteiger partial charge is 0.383 e. The zero-order valence-electron chi connectivity index (χ0n) is 11.1. The van der Waals surface area contributed by atoms with Crippen molar-refractivity contribution in [2.45, 2.75) is 44.8 Å². The van der Waals surface area contributed by atoms with E-state index in [1.165, 1.54) is 0 Å². The predicted octanol–water partition coefficient (Wildman–Crippen LogP) is 2.09. The van der Waals surface area contributed by atoms with Gasteiger partial charge in [0.05, 0.1) is 12.7 Å². The minimum absolute atomic E-state index is 0.391. The lowest BCUT2D eigenvalue weighted by Crippen LogP contribution is -2.31. The summed E-state index contributed by atoms with van der Waals surface area (Å²) in [6.07, 6.45) is 6.64. The van der Waals surface area contributed by atoms with Gasteiger partial charge in [0.15, 0.2) is 0 Å². The number of nitrogens with one attached hydrogen (secondary N) is 1. The molecule has 1 heterocycles. The van der Waals surface area contributed by atoms with Crippen molar-refractivity contribution in [2.75, 3.05) is 18.5 Å². The second-order valence-electron chi connectivity index (χ2n) is 5.02. The van der Waals surface area contributed by atoms with Crippen LogP contribution in [0.2, 0.25) is 0 Å². The Bertz CT molecular complexity index is 362. The molecule has 100 valence electrons. The number of anilines is 1. The number of aromatic nitrogens is 1. The quantitative estimate of drug-likeness (QED) is 0.784. The number of pyridine rings is 1. The number of nitrogens with zero attached hydrogens (tertiary/aromatic N) is 1. The van der Waals surface area contributed by atoms with Crippen molar-refractivity contribution in [1.82, 2.24) is 4.98 Å². The molecule has 0 saturated heterocycles. The van der Waals surface area contributed by atoms with Gasteiger partial charge < -0.3 is 15.8 Å². The summed E-state index contributed by atoms with van der Waals surface area (Å²) in [5.74, 6) is 0. The van der Waals surface area contributed by atoms with E-state index in [-0.39, 0.29) is 0 Å². The molecule has 3 N–H and O–H groups in total. The number of rotatable bonds is 5. The second kappa shape index (κ2) is 6.71. The zero-order chi connectivity index (χ0) is 12.8. The molecule has 0 aromatic carbocycles. The monoisotopic (exact) mass is 249 g/mol. The molecule has 1 saturated carbocycles. The van der Waals surface area contributed by atoms with Gasteiger partial charge in [0.25, 0.3) is 0 Å². The molecular weight excluding hydrogens is 226 g/mol. The van der Waals surface area contributed by atoms with Crippen LogP contribution in [0.3, 0.4) is 0 Å². The van der Waals surface area contributed by atoms with Crippen LogP contribution >= 0.6 is 0 Å². The first kappa shape index (κ1) is 13.3. The lowest BCUT2D eigenvalue weighted by Gasteiger charge is -2.26. The van der Waals surface area contributed by atoms with E-state index in [1.807, 2.05) is 25.3 Å². The average molecular weight is 249 g/mol. The van der Waals surface area contributed by atoms with E-state index in [0.29, 0.717) is 12.1 Å². The van der Waals surface area contributed by atoms with E-state index in [2.05, 4.69) is 10.3 Å². The maximum Gasteiger partial charge on any atom is 0.0642 e. The normalized spacial score (nSPS) is 23.9. The van der Waals surface area contributed by atoms with Crippen molar-refractivity contribution >= 4 is 5.69 Å². The molecule has 0 atom stereocenters. The molecule has 0 aliphatic heterocycles. The molecule has 4 nitrogen and oxygen atoms in total. The Morgan fingerprint density at radius 1 is 1.39 bits per heavy atom. The highest BCUT2D eigenvalue weighted by Crippen LogP contribution is 2.19. The fraction of sp³-hybridized carbons (Fsp3) is 0.643. The Balaban J connectivity index is 1.61. The summed E-state index contributed by atoms with van der Waals surface area (Å²) >= 11 is 0. The number of hydrogen-bond acceptors (Lipinski definition) is 4. The van der Waals surface area contributed by atoms with Gasteiger partial charge in [-0.3, -0.25) is 4.98 Å². The summed E-state index contributed by atoms with van der Waals surface area (Å²) < 4.78 is 5.85. The highest BCUT2D eigenvalue weighted by Gasteiger charge is 2.18. The third kappa shape index (κ3) is 4.27. The standard InChI is InChI=1S/C14H23N3O/c1-11-10-13(6-7-16-11)17-8-9-18-14-4-2-12(15)3-5-14/h6-7,10,12,14H,2-5,8-9,15H2,1H3,(H,16,17). The minimum atomic E-state index is 0.391. The van der Waals surface area contributed by atoms with Gasteiger partial charge in [-0.2, -0.15) is 0 Å². The summed E-state index contributed by atoms with van der Waals surface area (Å²) in [5.41, 5.74) is 8.01. The smallest absolute Gasteiger partial charge is 0.0642 e. The molecule has 18 heavy (non-hydrogen) atoms. The van der Waals surface area contributed by atoms with E-state index >= 15 is 0 Å². The highest BCUT2D eigenvalue weighted by atomic mass is 16.5. The fourth-order valence-electron chi connectivity index (χ4n) is 2.33. The Morgan fingerprint density at radius 2 is 2.17 bits per heavy atom. The molecule has 0 radical (unpaired) electrons. The van der Waals surface area contributed by atoms with E-state index in [4.69, 9.17) is 10.5 Å². The maximum absolute atomic E-state index is 5.87. The maximum atomic E-state index is 5.87. The van der Waals surface area contributed by atoms with Crippen LogP contribution in [0.5, 0.6) is 0 Å². The Morgan fingerprint density at radius 3 is 2.89 bits per heavy atom. The zero-order valence-corrected chi connectivity index (χ0v) is 11.1. The summed E-state index contributed by atoms with van der Waals surface area (Å²) in [6.45, 7) is 3.58. The highest BCUT2D eigenvalue weighted by molar-refractivity contribution is 5.42. The van der Waals surface area contributed by atoms with Crippen LogP contribution in [0.4, 0.5) is 5.69 Å². The SMILES string of the molecule is Cc1cc(NCCOC2CCC(N)CC2)ccn1. The molecule has 1 aliphatic carbocycles. The summed E-state index contributed by atoms with van der Waals surface area (Å²) in [5, 5.41) is 3.34. The van der Waals surface area contributed by atoms with Gasteiger partial charge in [-0.05, 0) is 44.7 Å². The molecular formula is C14H23N3O. The third-order valence-corrected chi connectivity index (χ3v) is 3.40. The van der Waals surface area contributed by atoms with Gasteiger partial charge in [-0.15, -0.1) is 0 Å². The van der Waals surface area contributed by atoms with Crippen LogP contribution in [-0.4, -0.2) is 30.3 Å². The van der Waals surface area contributed by atoms with Crippen molar-refractivity contribution in [3.8, 4) is 0 Å². The molecule has 1 aliphatic rings. The first-order chi connectivity index (χ1) is 8.74. The molecule has 0 bridgehead atoms. The number of ether oxygens (including phenoxy) is 1. The van der Waals surface area contributed by atoms with E-state index in [0.717, 1.165) is 50.2 Å². The van der Waals surface area contributed by atoms with Gasteiger partial charge in [-0.1, -0.05) is 0 Å². The van der Waals surface area contributed by atoms with Crippen molar-refractivity contribution in [1.29, 1.82) is 0 Å². The van der Waals surface area contributed by atoms with E-state index in [9.17, 15) is 0 Å². The fourth-order valence-corrected chi connectivity index (χ4v) is 2.33. The second-order valence-corrected chi connectivity index (χ2v) is 5.02. The van der Waals surface area contributed by atoms with Gasteiger partial charge in [0, 0.05) is 30.2 Å². The Labute approximate surface area is 109 Å². The van der Waals surface area contributed by atoms with Crippen LogP contribution in [0, 0.1) is 6.92 Å². The summed E-state index contributed by atoms with van der Waals surface area (Å²) in [7, 11) is 0.